The molecule has 0 spiro atoms. The summed E-state index contributed by atoms with van der Waals surface area (Å²) in [6, 6.07) is 8.18. The van der Waals surface area contributed by atoms with Crippen molar-refractivity contribution in [2.45, 2.75) is 37.7 Å². The van der Waals surface area contributed by atoms with Crippen molar-refractivity contribution >= 4 is 22.9 Å². The average molecular weight is 344 g/mol. The zero-order chi connectivity index (χ0) is 17.4. The maximum absolute atomic E-state index is 12.4. The van der Waals surface area contributed by atoms with Crippen LogP contribution in [0.15, 0.2) is 39.0 Å². The Morgan fingerprint density at radius 2 is 1.88 bits per heavy atom. The molecule has 0 aliphatic heterocycles. The number of thioether (sulfide) groups is 1. The van der Waals surface area contributed by atoms with Gasteiger partial charge in [0.15, 0.2) is 16.3 Å². The molecule has 0 unspecified atom stereocenters. The molecule has 1 aromatic carbocycles. The number of H-pyrrole nitrogens is 1. The highest BCUT2D eigenvalue weighted by Gasteiger charge is 2.18. The minimum absolute atomic E-state index is 0.315. The normalized spacial score (nSPS) is 11.5. The van der Waals surface area contributed by atoms with Gasteiger partial charge in [-0.25, -0.2) is 9.78 Å². The molecular formula is C17H20N4O2S. The van der Waals surface area contributed by atoms with E-state index in [9.17, 15) is 9.59 Å². The molecule has 6 nitrogen and oxygen atoms in total. The number of benzene rings is 1. The zero-order valence-corrected chi connectivity index (χ0v) is 15.0. The first-order valence-corrected chi connectivity index (χ1v) is 8.66. The lowest BCUT2D eigenvalue weighted by Crippen LogP contribution is -2.29. The van der Waals surface area contributed by atoms with Gasteiger partial charge in [-0.05, 0) is 12.5 Å². The number of fused-ring (bicyclic) bond motifs is 1. The Labute approximate surface area is 143 Å². The summed E-state index contributed by atoms with van der Waals surface area (Å²) in [4.78, 5) is 31.1. The van der Waals surface area contributed by atoms with Crippen molar-refractivity contribution in [3.05, 3.63) is 56.2 Å². The summed E-state index contributed by atoms with van der Waals surface area (Å²) in [5, 5.41) is 1.06. The van der Waals surface area contributed by atoms with Gasteiger partial charge in [-0.2, -0.15) is 0 Å². The van der Waals surface area contributed by atoms with Gasteiger partial charge in [0.1, 0.15) is 0 Å². The van der Waals surface area contributed by atoms with E-state index in [0.717, 1.165) is 10.7 Å². The highest BCUT2D eigenvalue weighted by molar-refractivity contribution is 7.99. The second-order valence-corrected chi connectivity index (χ2v) is 7.67. The van der Waals surface area contributed by atoms with Gasteiger partial charge >= 0.3 is 5.69 Å². The van der Waals surface area contributed by atoms with Crippen molar-refractivity contribution in [2.75, 3.05) is 0 Å². The third-order valence-corrected chi connectivity index (χ3v) is 4.77. The van der Waals surface area contributed by atoms with Gasteiger partial charge in [0.2, 0.25) is 0 Å². The monoisotopic (exact) mass is 344 g/mol. The van der Waals surface area contributed by atoms with Crippen LogP contribution in [-0.4, -0.2) is 24.4 Å². The van der Waals surface area contributed by atoms with E-state index in [-0.39, 0.29) is 0 Å². The van der Waals surface area contributed by atoms with E-state index in [4.69, 9.17) is 0 Å². The van der Waals surface area contributed by atoms with Gasteiger partial charge in [-0.3, -0.25) is 14.3 Å². The van der Waals surface area contributed by atoms with E-state index in [0.29, 0.717) is 23.0 Å². The van der Waals surface area contributed by atoms with Crippen molar-refractivity contribution in [1.29, 1.82) is 0 Å². The van der Waals surface area contributed by atoms with E-state index in [1.54, 1.807) is 18.8 Å². The van der Waals surface area contributed by atoms with E-state index < -0.39 is 11.2 Å². The van der Waals surface area contributed by atoms with E-state index in [1.807, 2.05) is 35.8 Å². The standard InChI is InChI=1S/C17H20N4O2S/c1-10(2)24-17-18-14-13(15(22)19-16(23)20(14)4)21(17)9-12-7-5-11(3)6-8-12/h5-8,10H,9H2,1-4H3,(H,19,22,23). The molecule has 1 N–H and O–H groups in total. The predicted molar refractivity (Wildman–Crippen MR) is 96.9 cm³/mol. The van der Waals surface area contributed by atoms with Gasteiger partial charge in [-0.15, -0.1) is 0 Å². The number of aromatic amines is 1. The maximum atomic E-state index is 12.4. The van der Waals surface area contributed by atoms with Crippen LogP contribution in [0.1, 0.15) is 25.0 Å². The van der Waals surface area contributed by atoms with E-state index in [2.05, 4.69) is 23.8 Å². The van der Waals surface area contributed by atoms with Crippen molar-refractivity contribution in [1.82, 2.24) is 19.1 Å². The highest BCUT2D eigenvalue weighted by atomic mass is 32.2. The molecule has 3 rings (SSSR count). The Bertz CT molecular complexity index is 996. The quantitative estimate of drug-likeness (QED) is 0.737. The second-order valence-electron chi connectivity index (χ2n) is 6.12. The van der Waals surface area contributed by atoms with Crippen LogP contribution in [0.3, 0.4) is 0 Å². The molecule has 0 aliphatic carbocycles. The molecular weight excluding hydrogens is 324 g/mol. The van der Waals surface area contributed by atoms with E-state index >= 15 is 0 Å². The summed E-state index contributed by atoms with van der Waals surface area (Å²) in [7, 11) is 1.62. The minimum atomic E-state index is -0.450. The van der Waals surface area contributed by atoms with Crippen LogP contribution in [0.5, 0.6) is 0 Å². The molecule has 126 valence electrons. The average Bonchev–Trinajstić information content (AvgIpc) is 2.85. The van der Waals surface area contributed by atoms with Gasteiger partial charge in [-0.1, -0.05) is 55.4 Å². The molecule has 0 saturated heterocycles. The number of aryl methyl sites for hydroxylation is 2. The number of hydrogen-bond donors (Lipinski definition) is 1. The van der Waals surface area contributed by atoms with Crippen LogP contribution < -0.4 is 11.2 Å². The molecule has 0 aliphatic rings. The first-order chi connectivity index (χ1) is 11.4. The summed E-state index contributed by atoms with van der Waals surface area (Å²) in [5.41, 5.74) is 2.27. The van der Waals surface area contributed by atoms with E-state index in [1.165, 1.54) is 10.1 Å². The van der Waals surface area contributed by atoms with Gasteiger partial charge < -0.3 is 4.57 Å². The lowest BCUT2D eigenvalue weighted by atomic mass is 10.1. The Morgan fingerprint density at radius 3 is 2.50 bits per heavy atom. The van der Waals surface area contributed by atoms with Crippen molar-refractivity contribution in [3.8, 4) is 0 Å². The number of nitrogens with one attached hydrogen (secondary N) is 1. The fraction of sp³-hybridized carbons (Fsp3) is 0.353. The van der Waals surface area contributed by atoms with Crippen molar-refractivity contribution in [2.24, 2.45) is 7.05 Å². The number of hydrogen-bond acceptors (Lipinski definition) is 4. The largest absolute Gasteiger partial charge is 0.329 e. The van der Waals surface area contributed by atoms with Gasteiger partial charge in [0.05, 0.1) is 6.54 Å². The van der Waals surface area contributed by atoms with Gasteiger partial charge in [0.25, 0.3) is 5.56 Å². The molecule has 0 saturated carbocycles. The van der Waals surface area contributed by atoms with Crippen LogP contribution in [0.25, 0.3) is 11.2 Å². The highest BCUT2D eigenvalue weighted by Crippen LogP contribution is 2.26. The lowest BCUT2D eigenvalue weighted by molar-refractivity contribution is 0.726. The molecule has 0 bridgehead atoms. The van der Waals surface area contributed by atoms with Crippen LogP contribution >= 0.6 is 11.8 Å². The fourth-order valence-corrected chi connectivity index (χ4v) is 3.38. The number of imidazole rings is 1. The van der Waals surface area contributed by atoms with Crippen LogP contribution in [0.2, 0.25) is 0 Å². The first kappa shape index (κ1) is 16.6. The van der Waals surface area contributed by atoms with Gasteiger partial charge in [0, 0.05) is 12.3 Å². The second kappa shape index (κ2) is 6.32. The Kier molecular flexibility index (Phi) is 4.36. The third-order valence-electron chi connectivity index (χ3n) is 3.77. The number of nitrogens with zero attached hydrogens (tertiary/aromatic N) is 3. The van der Waals surface area contributed by atoms with Crippen LogP contribution in [0.4, 0.5) is 0 Å². The Balaban J connectivity index is 2.22. The first-order valence-electron chi connectivity index (χ1n) is 7.78. The van der Waals surface area contributed by atoms with Crippen molar-refractivity contribution < 1.29 is 0 Å². The molecule has 0 amide bonds. The summed E-state index contributed by atoms with van der Waals surface area (Å²) in [6.45, 7) is 6.72. The van der Waals surface area contributed by atoms with Crippen LogP contribution in [0, 0.1) is 6.92 Å². The number of aromatic nitrogens is 4. The molecule has 2 heterocycles. The number of rotatable bonds is 4. The summed E-state index contributed by atoms with van der Waals surface area (Å²) in [5.74, 6) is 0. The third kappa shape index (κ3) is 3.03. The summed E-state index contributed by atoms with van der Waals surface area (Å²) >= 11 is 1.58. The Morgan fingerprint density at radius 1 is 1.21 bits per heavy atom. The summed E-state index contributed by atoms with van der Waals surface area (Å²) < 4.78 is 3.27. The van der Waals surface area contributed by atoms with Crippen molar-refractivity contribution in [3.63, 3.8) is 0 Å². The molecule has 24 heavy (non-hydrogen) atoms. The SMILES string of the molecule is Cc1ccc(Cn2c(SC(C)C)nc3c2c(=O)[nH]c(=O)n3C)cc1. The molecule has 3 aromatic rings. The maximum Gasteiger partial charge on any atom is 0.329 e. The molecule has 0 radical (unpaired) electrons. The lowest BCUT2D eigenvalue weighted by Gasteiger charge is -2.10. The topological polar surface area (TPSA) is 72.7 Å². The minimum Gasteiger partial charge on any atom is -0.309 e. The smallest absolute Gasteiger partial charge is 0.309 e. The fourth-order valence-electron chi connectivity index (χ4n) is 2.54. The summed E-state index contributed by atoms with van der Waals surface area (Å²) in [6.07, 6.45) is 0. The molecule has 0 atom stereocenters. The molecule has 2 aromatic heterocycles. The predicted octanol–water partition coefficient (Wildman–Crippen LogP) is 2.28. The molecule has 7 heteroatoms. The Hall–Kier alpha value is -2.28. The molecule has 0 fully saturated rings. The van der Waals surface area contributed by atoms with Crippen LogP contribution in [-0.2, 0) is 13.6 Å². The zero-order valence-electron chi connectivity index (χ0n) is 14.2.